The van der Waals surface area contributed by atoms with Crippen LogP contribution in [0.4, 0.5) is 0 Å². The first-order valence-corrected chi connectivity index (χ1v) is 8.81. The van der Waals surface area contributed by atoms with Gasteiger partial charge in [0.15, 0.2) is 0 Å². The number of hydrogen-bond donors (Lipinski definition) is 2. The van der Waals surface area contributed by atoms with Crippen LogP contribution in [-0.4, -0.2) is 25.1 Å². The Bertz CT molecular complexity index is 479. The molecule has 23 heavy (non-hydrogen) atoms. The predicted molar refractivity (Wildman–Crippen MR) is 93.6 cm³/mol. The molecule has 0 saturated heterocycles. The van der Waals surface area contributed by atoms with E-state index in [-0.39, 0.29) is 11.4 Å². The summed E-state index contributed by atoms with van der Waals surface area (Å²) in [6, 6.07) is 8.21. The molecule has 128 valence electrons. The van der Waals surface area contributed by atoms with E-state index in [1.165, 1.54) is 18.4 Å². The summed E-state index contributed by atoms with van der Waals surface area (Å²) in [6.07, 6.45) is 9.24. The molecule has 0 radical (unpaired) electrons. The highest BCUT2D eigenvalue weighted by atomic mass is 16.5. The van der Waals surface area contributed by atoms with Gasteiger partial charge in [0.1, 0.15) is 5.75 Å². The van der Waals surface area contributed by atoms with E-state index in [1.54, 1.807) is 7.11 Å². The van der Waals surface area contributed by atoms with Crippen molar-refractivity contribution in [1.29, 1.82) is 0 Å². The van der Waals surface area contributed by atoms with Gasteiger partial charge in [-0.1, -0.05) is 31.4 Å². The number of methoxy groups -OCH3 is 1. The topological polar surface area (TPSA) is 64.3 Å². The smallest absolute Gasteiger partial charge is 0.220 e. The molecule has 2 rings (SSSR count). The van der Waals surface area contributed by atoms with Gasteiger partial charge in [-0.3, -0.25) is 4.79 Å². The van der Waals surface area contributed by atoms with Crippen molar-refractivity contribution < 1.29 is 9.53 Å². The van der Waals surface area contributed by atoms with E-state index in [2.05, 4.69) is 17.4 Å². The Morgan fingerprint density at radius 1 is 1.17 bits per heavy atom. The van der Waals surface area contributed by atoms with Crippen LogP contribution < -0.4 is 15.8 Å². The second kappa shape index (κ2) is 8.92. The number of unbranched alkanes of at least 4 members (excludes halogenated alkanes) is 2. The molecule has 0 aliphatic heterocycles. The Morgan fingerprint density at radius 2 is 1.87 bits per heavy atom. The second-order valence-corrected chi connectivity index (χ2v) is 6.65. The summed E-state index contributed by atoms with van der Waals surface area (Å²) in [4.78, 5) is 12.1. The maximum Gasteiger partial charge on any atom is 0.220 e. The van der Waals surface area contributed by atoms with Gasteiger partial charge in [0.2, 0.25) is 5.91 Å². The van der Waals surface area contributed by atoms with Crippen molar-refractivity contribution in [3.05, 3.63) is 29.8 Å². The van der Waals surface area contributed by atoms with Crippen molar-refractivity contribution in [3.63, 3.8) is 0 Å². The third kappa shape index (κ3) is 5.54. The van der Waals surface area contributed by atoms with E-state index in [9.17, 15) is 4.79 Å². The first-order valence-electron chi connectivity index (χ1n) is 8.81. The fraction of sp³-hybridized carbons (Fsp3) is 0.632. The van der Waals surface area contributed by atoms with Gasteiger partial charge in [-0.15, -0.1) is 0 Å². The third-order valence-electron chi connectivity index (χ3n) is 4.88. The van der Waals surface area contributed by atoms with Gasteiger partial charge < -0.3 is 15.8 Å². The maximum absolute atomic E-state index is 12.1. The number of hydrogen-bond acceptors (Lipinski definition) is 3. The van der Waals surface area contributed by atoms with Crippen LogP contribution in [0.5, 0.6) is 5.75 Å². The number of benzene rings is 1. The summed E-state index contributed by atoms with van der Waals surface area (Å²) in [7, 11) is 1.68. The van der Waals surface area contributed by atoms with E-state index in [0.717, 1.165) is 44.3 Å². The monoisotopic (exact) mass is 318 g/mol. The van der Waals surface area contributed by atoms with E-state index in [4.69, 9.17) is 10.5 Å². The van der Waals surface area contributed by atoms with Gasteiger partial charge in [-0.2, -0.15) is 0 Å². The molecule has 1 amide bonds. The predicted octanol–water partition coefficient (Wildman–Crippen LogP) is 3.19. The number of carbonyl (C=O) groups excluding carboxylic acids is 1. The van der Waals surface area contributed by atoms with Crippen molar-refractivity contribution in [2.75, 3.05) is 13.7 Å². The largest absolute Gasteiger partial charge is 0.497 e. The lowest BCUT2D eigenvalue weighted by Gasteiger charge is -2.28. The summed E-state index contributed by atoms with van der Waals surface area (Å²) in [5.41, 5.74) is 7.07. The molecular weight excluding hydrogens is 288 g/mol. The number of aryl methyl sites for hydroxylation is 1. The number of amides is 1. The molecule has 1 aromatic rings. The first kappa shape index (κ1) is 17.8. The van der Waals surface area contributed by atoms with Crippen molar-refractivity contribution >= 4 is 5.91 Å². The van der Waals surface area contributed by atoms with Gasteiger partial charge in [0, 0.05) is 13.0 Å². The molecule has 1 aliphatic carbocycles. The zero-order chi connectivity index (χ0) is 16.5. The SMILES string of the molecule is COc1ccc(CCCCCC(=O)NC2(CN)CCCC2)cc1. The van der Waals surface area contributed by atoms with Crippen molar-refractivity contribution in [2.24, 2.45) is 5.73 Å². The van der Waals surface area contributed by atoms with Crippen LogP contribution in [0.2, 0.25) is 0 Å². The Labute approximate surface area is 139 Å². The normalized spacial score (nSPS) is 16.3. The Kier molecular flexibility index (Phi) is 6.90. The van der Waals surface area contributed by atoms with Gasteiger partial charge in [-0.05, 0) is 49.8 Å². The average Bonchev–Trinajstić information content (AvgIpc) is 3.04. The highest BCUT2D eigenvalue weighted by Crippen LogP contribution is 2.28. The summed E-state index contributed by atoms with van der Waals surface area (Å²) in [5, 5.41) is 3.19. The molecular formula is C19H30N2O2. The van der Waals surface area contributed by atoms with Crippen molar-refractivity contribution in [1.82, 2.24) is 5.32 Å². The third-order valence-corrected chi connectivity index (χ3v) is 4.88. The fourth-order valence-corrected chi connectivity index (χ4v) is 3.37. The molecule has 1 aromatic carbocycles. The molecule has 1 aliphatic rings. The summed E-state index contributed by atoms with van der Waals surface area (Å²) < 4.78 is 5.16. The number of rotatable bonds is 9. The standard InChI is InChI=1S/C19H30N2O2/c1-23-17-11-9-16(10-12-17)7-3-2-4-8-18(22)21-19(15-20)13-5-6-14-19/h9-12H,2-8,13-15,20H2,1H3,(H,21,22). The second-order valence-electron chi connectivity index (χ2n) is 6.65. The van der Waals surface area contributed by atoms with Gasteiger partial charge in [0.25, 0.3) is 0 Å². The lowest BCUT2D eigenvalue weighted by Crippen LogP contribution is -2.51. The molecule has 0 atom stereocenters. The molecule has 1 saturated carbocycles. The van der Waals surface area contributed by atoms with Crippen LogP contribution in [0.3, 0.4) is 0 Å². The van der Waals surface area contributed by atoms with Crippen LogP contribution in [0.1, 0.15) is 56.9 Å². The molecule has 0 unspecified atom stereocenters. The quantitative estimate of drug-likeness (QED) is 0.687. The van der Waals surface area contributed by atoms with E-state index < -0.39 is 0 Å². The van der Waals surface area contributed by atoms with Gasteiger partial charge in [-0.25, -0.2) is 0 Å². The molecule has 4 nitrogen and oxygen atoms in total. The van der Waals surface area contributed by atoms with E-state index in [0.29, 0.717) is 13.0 Å². The molecule has 0 aromatic heterocycles. The van der Waals surface area contributed by atoms with Crippen molar-refractivity contribution in [3.8, 4) is 5.75 Å². The van der Waals surface area contributed by atoms with E-state index >= 15 is 0 Å². The highest BCUT2D eigenvalue weighted by Gasteiger charge is 2.33. The van der Waals surface area contributed by atoms with E-state index in [1.807, 2.05) is 12.1 Å². The summed E-state index contributed by atoms with van der Waals surface area (Å²) in [5.74, 6) is 1.06. The molecule has 0 heterocycles. The van der Waals surface area contributed by atoms with Crippen LogP contribution in [0.15, 0.2) is 24.3 Å². The summed E-state index contributed by atoms with van der Waals surface area (Å²) >= 11 is 0. The Morgan fingerprint density at radius 3 is 2.48 bits per heavy atom. The minimum atomic E-state index is -0.111. The molecule has 4 heteroatoms. The lowest BCUT2D eigenvalue weighted by atomic mass is 9.97. The Hall–Kier alpha value is -1.55. The zero-order valence-corrected chi connectivity index (χ0v) is 14.3. The average molecular weight is 318 g/mol. The maximum atomic E-state index is 12.1. The fourth-order valence-electron chi connectivity index (χ4n) is 3.37. The van der Waals surface area contributed by atoms with Gasteiger partial charge in [0.05, 0.1) is 12.6 Å². The van der Waals surface area contributed by atoms with Crippen LogP contribution >= 0.6 is 0 Å². The number of nitrogens with one attached hydrogen (secondary N) is 1. The minimum Gasteiger partial charge on any atom is -0.497 e. The Balaban J connectivity index is 1.60. The van der Waals surface area contributed by atoms with Crippen molar-refractivity contribution in [2.45, 2.75) is 63.3 Å². The molecule has 0 spiro atoms. The molecule has 3 N–H and O–H groups in total. The summed E-state index contributed by atoms with van der Waals surface area (Å²) in [6.45, 7) is 0.566. The van der Waals surface area contributed by atoms with Crippen LogP contribution in [-0.2, 0) is 11.2 Å². The van der Waals surface area contributed by atoms with Gasteiger partial charge >= 0.3 is 0 Å². The van der Waals surface area contributed by atoms with Crippen LogP contribution in [0, 0.1) is 0 Å². The first-order chi connectivity index (χ1) is 11.2. The number of carbonyl (C=O) groups is 1. The van der Waals surface area contributed by atoms with Crippen LogP contribution in [0.25, 0.3) is 0 Å². The number of ether oxygens (including phenoxy) is 1. The number of nitrogens with two attached hydrogens (primary N) is 1. The highest BCUT2D eigenvalue weighted by molar-refractivity contribution is 5.76. The molecule has 0 bridgehead atoms. The zero-order valence-electron chi connectivity index (χ0n) is 14.3. The molecule has 1 fully saturated rings. The minimum absolute atomic E-state index is 0.111. The lowest BCUT2D eigenvalue weighted by molar-refractivity contribution is -0.123.